The van der Waals surface area contributed by atoms with E-state index in [-0.39, 0.29) is 0 Å². The predicted molar refractivity (Wildman–Crippen MR) is 84.0 cm³/mol. The van der Waals surface area contributed by atoms with Crippen LogP contribution in [0.3, 0.4) is 0 Å². The van der Waals surface area contributed by atoms with Gasteiger partial charge in [0.25, 0.3) is 0 Å². The lowest BCUT2D eigenvalue weighted by Gasteiger charge is -2.14. The molecule has 0 atom stereocenters. The standard InChI is InChI=1S/C16H22ClNS/c17-15-7-3-6-13(10-18-14-8-9-14)16(15)19-11-12-4-1-2-5-12/h3,6-7,12,14,18H,1-2,4-5,8-11H2. The molecular formula is C16H22ClNS. The lowest BCUT2D eigenvalue weighted by atomic mass is 10.1. The van der Waals surface area contributed by atoms with Crippen molar-refractivity contribution in [1.29, 1.82) is 0 Å². The Labute approximate surface area is 125 Å². The minimum absolute atomic E-state index is 0.756. The molecule has 0 radical (unpaired) electrons. The Morgan fingerprint density at radius 2 is 1.95 bits per heavy atom. The van der Waals surface area contributed by atoms with Gasteiger partial charge < -0.3 is 5.32 Å². The summed E-state index contributed by atoms with van der Waals surface area (Å²) in [4.78, 5) is 1.31. The zero-order valence-electron chi connectivity index (χ0n) is 11.3. The smallest absolute Gasteiger partial charge is 0.0545 e. The molecule has 2 aliphatic rings. The molecule has 0 spiro atoms. The summed E-state index contributed by atoms with van der Waals surface area (Å²) in [5.74, 6) is 2.14. The molecule has 104 valence electrons. The van der Waals surface area contributed by atoms with Crippen LogP contribution in [-0.2, 0) is 6.54 Å². The lowest BCUT2D eigenvalue weighted by Crippen LogP contribution is -2.16. The second-order valence-electron chi connectivity index (χ2n) is 5.84. The van der Waals surface area contributed by atoms with Crippen LogP contribution in [0.25, 0.3) is 0 Å². The summed E-state index contributed by atoms with van der Waals surface area (Å²) in [7, 11) is 0. The van der Waals surface area contributed by atoms with E-state index in [4.69, 9.17) is 11.6 Å². The van der Waals surface area contributed by atoms with Crippen molar-refractivity contribution in [1.82, 2.24) is 5.32 Å². The van der Waals surface area contributed by atoms with Crippen molar-refractivity contribution < 1.29 is 0 Å². The van der Waals surface area contributed by atoms with Gasteiger partial charge in [-0.3, -0.25) is 0 Å². The molecule has 3 rings (SSSR count). The van der Waals surface area contributed by atoms with Crippen LogP contribution >= 0.6 is 23.4 Å². The summed E-state index contributed by atoms with van der Waals surface area (Å²) in [5, 5.41) is 4.53. The first-order valence-corrected chi connectivity index (χ1v) is 8.83. The molecule has 0 amide bonds. The summed E-state index contributed by atoms with van der Waals surface area (Å²) < 4.78 is 0. The molecule has 3 heteroatoms. The SMILES string of the molecule is Clc1cccc(CNC2CC2)c1SCC1CCCC1. The summed E-state index contributed by atoms with van der Waals surface area (Å²) >= 11 is 8.37. The number of benzene rings is 1. The molecule has 2 saturated carbocycles. The van der Waals surface area contributed by atoms with Crippen molar-refractivity contribution in [3.8, 4) is 0 Å². The van der Waals surface area contributed by atoms with Crippen molar-refractivity contribution in [2.75, 3.05) is 5.75 Å². The van der Waals surface area contributed by atoms with E-state index in [0.717, 1.165) is 23.5 Å². The molecule has 2 fully saturated rings. The maximum atomic E-state index is 6.40. The second kappa shape index (κ2) is 6.51. The average molecular weight is 296 g/mol. The van der Waals surface area contributed by atoms with Gasteiger partial charge >= 0.3 is 0 Å². The highest BCUT2D eigenvalue weighted by atomic mass is 35.5. The van der Waals surface area contributed by atoms with E-state index in [0.29, 0.717) is 0 Å². The van der Waals surface area contributed by atoms with E-state index < -0.39 is 0 Å². The lowest BCUT2D eigenvalue weighted by molar-refractivity contribution is 0.622. The molecule has 0 unspecified atom stereocenters. The zero-order chi connectivity index (χ0) is 13.1. The van der Waals surface area contributed by atoms with Crippen molar-refractivity contribution in [2.45, 2.75) is 56.0 Å². The first-order valence-electron chi connectivity index (χ1n) is 7.46. The minimum atomic E-state index is 0.756. The van der Waals surface area contributed by atoms with E-state index in [1.165, 1.54) is 54.7 Å². The fraction of sp³-hybridized carbons (Fsp3) is 0.625. The first-order chi connectivity index (χ1) is 9.33. The Balaban J connectivity index is 1.62. The number of rotatable bonds is 6. The van der Waals surface area contributed by atoms with Crippen LogP contribution in [0, 0.1) is 5.92 Å². The summed E-state index contributed by atoms with van der Waals surface area (Å²) in [6.07, 6.45) is 8.34. The topological polar surface area (TPSA) is 12.0 Å². The van der Waals surface area contributed by atoms with Crippen molar-refractivity contribution in [3.63, 3.8) is 0 Å². The van der Waals surface area contributed by atoms with E-state index in [9.17, 15) is 0 Å². The Kier molecular flexibility index (Phi) is 4.73. The number of halogens is 1. The molecule has 1 aromatic carbocycles. The highest BCUT2D eigenvalue weighted by Crippen LogP contribution is 2.36. The van der Waals surface area contributed by atoms with Crippen LogP contribution in [-0.4, -0.2) is 11.8 Å². The number of hydrogen-bond donors (Lipinski definition) is 1. The quantitative estimate of drug-likeness (QED) is 0.751. The molecule has 1 nitrogen and oxygen atoms in total. The molecule has 19 heavy (non-hydrogen) atoms. The van der Waals surface area contributed by atoms with Gasteiger partial charge in [-0.25, -0.2) is 0 Å². The van der Waals surface area contributed by atoms with Crippen molar-refractivity contribution in [3.05, 3.63) is 28.8 Å². The largest absolute Gasteiger partial charge is 0.310 e. The first kappa shape index (κ1) is 13.8. The number of thioether (sulfide) groups is 1. The third kappa shape index (κ3) is 3.90. The van der Waals surface area contributed by atoms with Crippen LogP contribution in [0.15, 0.2) is 23.1 Å². The van der Waals surface area contributed by atoms with Crippen LogP contribution < -0.4 is 5.32 Å². The Bertz CT molecular complexity index is 425. The predicted octanol–water partition coefficient (Wildman–Crippen LogP) is 4.87. The van der Waals surface area contributed by atoms with Gasteiger partial charge in [-0.2, -0.15) is 0 Å². The molecule has 1 N–H and O–H groups in total. The van der Waals surface area contributed by atoms with Crippen molar-refractivity contribution in [2.24, 2.45) is 5.92 Å². The minimum Gasteiger partial charge on any atom is -0.310 e. The molecule has 0 saturated heterocycles. The van der Waals surface area contributed by atoms with Crippen LogP contribution in [0.1, 0.15) is 44.1 Å². The van der Waals surface area contributed by atoms with Gasteiger partial charge in [-0.1, -0.05) is 36.6 Å². The van der Waals surface area contributed by atoms with Gasteiger partial charge in [0, 0.05) is 23.2 Å². The summed E-state index contributed by atoms with van der Waals surface area (Å²) in [6.45, 7) is 0.970. The van der Waals surface area contributed by atoms with Gasteiger partial charge in [0.2, 0.25) is 0 Å². The second-order valence-corrected chi connectivity index (χ2v) is 7.28. The molecule has 0 heterocycles. The van der Waals surface area contributed by atoms with Gasteiger partial charge in [-0.05, 0) is 43.2 Å². The van der Waals surface area contributed by atoms with Gasteiger partial charge in [0.1, 0.15) is 0 Å². The molecule has 0 aromatic heterocycles. The normalized spacial score (nSPS) is 20.1. The van der Waals surface area contributed by atoms with E-state index in [1.807, 2.05) is 17.8 Å². The highest BCUT2D eigenvalue weighted by molar-refractivity contribution is 7.99. The molecule has 0 aliphatic heterocycles. The highest BCUT2D eigenvalue weighted by Gasteiger charge is 2.21. The number of hydrogen-bond acceptors (Lipinski definition) is 2. The third-order valence-electron chi connectivity index (χ3n) is 4.15. The fourth-order valence-corrected chi connectivity index (χ4v) is 4.40. The zero-order valence-corrected chi connectivity index (χ0v) is 12.9. The van der Waals surface area contributed by atoms with Crippen molar-refractivity contribution >= 4 is 23.4 Å². The van der Waals surface area contributed by atoms with E-state index in [1.54, 1.807) is 0 Å². The maximum Gasteiger partial charge on any atom is 0.0545 e. The van der Waals surface area contributed by atoms with Gasteiger partial charge in [-0.15, -0.1) is 11.8 Å². The number of nitrogens with one attached hydrogen (secondary N) is 1. The van der Waals surface area contributed by atoms with Gasteiger partial charge in [0.15, 0.2) is 0 Å². The fourth-order valence-electron chi connectivity index (χ4n) is 2.77. The van der Waals surface area contributed by atoms with Crippen LogP contribution in [0.4, 0.5) is 0 Å². The van der Waals surface area contributed by atoms with Gasteiger partial charge in [0.05, 0.1) is 5.02 Å². The van der Waals surface area contributed by atoms with Crippen LogP contribution in [0.2, 0.25) is 5.02 Å². The molecule has 2 aliphatic carbocycles. The van der Waals surface area contributed by atoms with E-state index >= 15 is 0 Å². The Hall–Kier alpha value is -0.180. The monoisotopic (exact) mass is 295 g/mol. The molecule has 1 aromatic rings. The maximum absolute atomic E-state index is 6.40. The summed E-state index contributed by atoms with van der Waals surface area (Å²) in [5.41, 5.74) is 1.38. The molecular weight excluding hydrogens is 274 g/mol. The Morgan fingerprint density at radius 1 is 1.16 bits per heavy atom. The summed E-state index contributed by atoms with van der Waals surface area (Å²) in [6, 6.07) is 7.08. The molecule has 0 bridgehead atoms. The third-order valence-corrected chi connectivity index (χ3v) is 5.98. The average Bonchev–Trinajstić information content (AvgIpc) is 3.10. The van der Waals surface area contributed by atoms with Crippen LogP contribution in [0.5, 0.6) is 0 Å². The van der Waals surface area contributed by atoms with E-state index in [2.05, 4.69) is 17.4 Å². The Morgan fingerprint density at radius 3 is 2.68 bits per heavy atom.